The Kier molecular flexibility index (Phi) is 6.61. The van der Waals surface area contributed by atoms with Gasteiger partial charge in [0.1, 0.15) is 17.2 Å². The van der Waals surface area contributed by atoms with Crippen molar-refractivity contribution in [1.29, 1.82) is 0 Å². The number of rotatable bonds is 8. The maximum Gasteiger partial charge on any atom is 0.169 e. The van der Waals surface area contributed by atoms with Crippen LogP contribution in [0.15, 0.2) is 91.0 Å². The van der Waals surface area contributed by atoms with Gasteiger partial charge in [-0.25, -0.2) is 0 Å². The zero-order chi connectivity index (χ0) is 22.3. The molecule has 4 nitrogen and oxygen atoms in total. The van der Waals surface area contributed by atoms with Crippen LogP contribution in [0, 0.1) is 0 Å². The van der Waals surface area contributed by atoms with Gasteiger partial charge in [0.2, 0.25) is 0 Å². The van der Waals surface area contributed by atoms with Crippen LogP contribution in [0.2, 0.25) is 0 Å². The van der Waals surface area contributed by atoms with Gasteiger partial charge in [0, 0.05) is 0 Å². The summed E-state index contributed by atoms with van der Waals surface area (Å²) in [6.07, 6.45) is 3.34. The summed E-state index contributed by atoms with van der Waals surface area (Å²) in [5, 5.41) is 29.2. The molecule has 162 valence electrons. The Labute approximate surface area is 188 Å². The van der Waals surface area contributed by atoms with Crippen molar-refractivity contribution in [1.82, 2.24) is 0 Å². The molecule has 4 aromatic rings. The highest BCUT2D eigenvalue weighted by atomic mass is 16.5. The molecule has 0 unspecified atom stereocenters. The van der Waals surface area contributed by atoms with Gasteiger partial charge in [0.25, 0.3) is 0 Å². The van der Waals surface area contributed by atoms with E-state index in [9.17, 15) is 15.3 Å². The molecule has 0 fully saturated rings. The minimum atomic E-state index is 0.103. The zero-order valence-electron chi connectivity index (χ0n) is 17.7. The predicted molar refractivity (Wildman–Crippen MR) is 126 cm³/mol. The van der Waals surface area contributed by atoms with E-state index >= 15 is 0 Å². The molecule has 0 spiro atoms. The number of hydrogen-bond acceptors (Lipinski definition) is 4. The largest absolute Gasteiger partial charge is 0.508 e. The third kappa shape index (κ3) is 5.82. The molecule has 0 saturated carbocycles. The number of benzene rings is 4. The minimum absolute atomic E-state index is 0.103. The second kappa shape index (κ2) is 9.92. The molecule has 0 aliphatic rings. The van der Waals surface area contributed by atoms with Crippen LogP contribution in [0.25, 0.3) is 0 Å². The fraction of sp³-hybridized carbons (Fsp3) is 0.143. The highest BCUT2D eigenvalue weighted by Crippen LogP contribution is 2.32. The van der Waals surface area contributed by atoms with Gasteiger partial charge < -0.3 is 20.1 Å². The molecule has 4 heteroatoms. The molecule has 4 rings (SSSR count). The lowest BCUT2D eigenvalue weighted by atomic mass is 10.0. The highest BCUT2D eigenvalue weighted by Gasteiger charge is 2.07. The second-order valence-corrected chi connectivity index (χ2v) is 7.88. The Balaban J connectivity index is 1.36. The average molecular weight is 427 g/mol. The SMILES string of the molecule is Oc1ccc(CCc2ccc(O)c(Oc3ccc(CCc4cccc(O)c4)cc3)c2)cc1. The Morgan fingerprint density at radius 2 is 1.06 bits per heavy atom. The smallest absolute Gasteiger partial charge is 0.169 e. The molecule has 0 heterocycles. The maximum absolute atomic E-state index is 10.2. The van der Waals surface area contributed by atoms with E-state index in [1.165, 1.54) is 5.56 Å². The predicted octanol–water partition coefficient (Wildman–Crippen LogP) is 6.17. The van der Waals surface area contributed by atoms with Crippen molar-refractivity contribution < 1.29 is 20.1 Å². The molecule has 32 heavy (non-hydrogen) atoms. The molecule has 0 aliphatic carbocycles. The Hall–Kier alpha value is -3.92. The molecule has 4 aromatic carbocycles. The highest BCUT2D eigenvalue weighted by molar-refractivity contribution is 5.45. The summed E-state index contributed by atoms with van der Waals surface area (Å²) in [5.41, 5.74) is 4.47. The molecular formula is C28H26O4. The fourth-order valence-corrected chi connectivity index (χ4v) is 3.60. The Morgan fingerprint density at radius 1 is 0.500 bits per heavy atom. The summed E-state index contributed by atoms with van der Waals surface area (Å²) in [4.78, 5) is 0. The minimum Gasteiger partial charge on any atom is -0.508 e. The third-order valence-electron chi connectivity index (χ3n) is 5.43. The summed E-state index contributed by atoms with van der Waals surface area (Å²) in [6, 6.07) is 27.8. The van der Waals surface area contributed by atoms with Crippen molar-refractivity contribution in [3.05, 3.63) is 113 Å². The third-order valence-corrected chi connectivity index (χ3v) is 5.43. The lowest BCUT2D eigenvalue weighted by Gasteiger charge is -2.11. The summed E-state index contributed by atoms with van der Waals surface area (Å²) in [6.45, 7) is 0. The van der Waals surface area contributed by atoms with E-state index in [4.69, 9.17) is 4.74 Å². The summed E-state index contributed by atoms with van der Waals surface area (Å²) in [5.74, 6) is 1.75. The van der Waals surface area contributed by atoms with Gasteiger partial charge in [-0.1, -0.05) is 42.5 Å². The molecule has 0 radical (unpaired) electrons. The monoisotopic (exact) mass is 426 g/mol. The lowest BCUT2D eigenvalue weighted by Crippen LogP contribution is -1.94. The van der Waals surface area contributed by atoms with Crippen molar-refractivity contribution in [2.24, 2.45) is 0 Å². The van der Waals surface area contributed by atoms with Gasteiger partial charge in [-0.2, -0.15) is 0 Å². The standard InChI is InChI=1S/C28H26O4/c29-24-13-8-20(9-14-24)5-7-23-12-17-27(31)28(19-23)32-26-15-10-21(11-16-26)4-6-22-2-1-3-25(30)18-22/h1-3,8-19,29-31H,4-7H2. The molecular weight excluding hydrogens is 400 g/mol. The molecule has 0 saturated heterocycles. The van der Waals surface area contributed by atoms with Gasteiger partial charge in [-0.05, 0) is 96.5 Å². The topological polar surface area (TPSA) is 69.9 Å². The summed E-state index contributed by atoms with van der Waals surface area (Å²) >= 11 is 0. The van der Waals surface area contributed by atoms with Crippen LogP contribution < -0.4 is 4.74 Å². The van der Waals surface area contributed by atoms with E-state index < -0.39 is 0 Å². The first kappa shape index (κ1) is 21.3. The van der Waals surface area contributed by atoms with Crippen LogP contribution in [-0.2, 0) is 25.7 Å². The van der Waals surface area contributed by atoms with Crippen molar-refractivity contribution in [3.63, 3.8) is 0 Å². The van der Waals surface area contributed by atoms with Gasteiger partial charge in [-0.15, -0.1) is 0 Å². The van der Waals surface area contributed by atoms with Crippen LogP contribution in [0.3, 0.4) is 0 Å². The van der Waals surface area contributed by atoms with Crippen LogP contribution in [0.1, 0.15) is 22.3 Å². The maximum atomic E-state index is 10.2. The fourth-order valence-electron chi connectivity index (χ4n) is 3.60. The van der Waals surface area contributed by atoms with E-state index in [0.29, 0.717) is 11.5 Å². The molecule has 0 atom stereocenters. The van der Waals surface area contributed by atoms with Gasteiger partial charge >= 0.3 is 0 Å². The van der Waals surface area contributed by atoms with Crippen LogP contribution in [0.4, 0.5) is 0 Å². The van der Waals surface area contributed by atoms with Gasteiger partial charge in [0.15, 0.2) is 11.5 Å². The van der Waals surface area contributed by atoms with Crippen LogP contribution in [0.5, 0.6) is 28.7 Å². The van der Waals surface area contributed by atoms with Gasteiger partial charge in [-0.3, -0.25) is 0 Å². The second-order valence-electron chi connectivity index (χ2n) is 7.88. The first-order valence-electron chi connectivity index (χ1n) is 10.7. The number of hydrogen-bond donors (Lipinski definition) is 3. The van der Waals surface area contributed by atoms with Crippen molar-refractivity contribution in [3.8, 4) is 28.7 Å². The zero-order valence-corrected chi connectivity index (χ0v) is 17.7. The Bertz CT molecular complexity index is 1160. The molecule has 0 bridgehead atoms. The van der Waals surface area contributed by atoms with E-state index in [1.807, 2.05) is 60.7 Å². The number of aryl methyl sites for hydroxylation is 4. The molecule has 0 aromatic heterocycles. The summed E-state index contributed by atoms with van der Waals surface area (Å²) < 4.78 is 5.93. The van der Waals surface area contributed by atoms with Crippen molar-refractivity contribution >= 4 is 0 Å². The van der Waals surface area contributed by atoms with Crippen LogP contribution >= 0.6 is 0 Å². The number of ether oxygens (including phenoxy) is 1. The summed E-state index contributed by atoms with van der Waals surface area (Å²) in [7, 11) is 0. The van der Waals surface area contributed by atoms with E-state index in [-0.39, 0.29) is 17.2 Å². The van der Waals surface area contributed by atoms with Crippen LogP contribution in [-0.4, -0.2) is 15.3 Å². The van der Waals surface area contributed by atoms with Crippen molar-refractivity contribution in [2.75, 3.05) is 0 Å². The first-order valence-corrected chi connectivity index (χ1v) is 10.7. The van der Waals surface area contributed by atoms with E-state index in [0.717, 1.165) is 42.4 Å². The molecule has 3 N–H and O–H groups in total. The van der Waals surface area contributed by atoms with E-state index in [2.05, 4.69) is 0 Å². The normalized spacial score (nSPS) is 10.8. The average Bonchev–Trinajstić information content (AvgIpc) is 2.80. The quantitative estimate of drug-likeness (QED) is 0.315. The van der Waals surface area contributed by atoms with Crippen molar-refractivity contribution in [2.45, 2.75) is 25.7 Å². The first-order chi connectivity index (χ1) is 15.5. The number of aromatic hydroxyl groups is 3. The van der Waals surface area contributed by atoms with E-state index in [1.54, 1.807) is 30.3 Å². The number of phenols is 3. The Morgan fingerprint density at radius 3 is 1.72 bits per heavy atom. The van der Waals surface area contributed by atoms with Gasteiger partial charge in [0.05, 0.1) is 0 Å². The lowest BCUT2D eigenvalue weighted by molar-refractivity contribution is 0.410. The number of phenolic OH excluding ortho intramolecular Hbond substituents is 3. The molecule has 0 amide bonds. The molecule has 0 aliphatic heterocycles.